The van der Waals surface area contributed by atoms with Crippen molar-refractivity contribution in [1.29, 1.82) is 0 Å². The third-order valence-electron chi connectivity index (χ3n) is 3.85. The first kappa shape index (κ1) is 14.9. The van der Waals surface area contributed by atoms with Crippen LogP contribution in [0.3, 0.4) is 0 Å². The molecule has 1 atom stereocenters. The Bertz CT molecular complexity index is 563. The first-order valence-electron chi connectivity index (χ1n) is 6.92. The van der Waals surface area contributed by atoms with Crippen LogP contribution in [0, 0.1) is 0 Å². The minimum Gasteiger partial charge on any atom is -0.379 e. The molecule has 0 saturated heterocycles. The van der Waals surface area contributed by atoms with Crippen molar-refractivity contribution in [2.45, 2.75) is 38.3 Å². The van der Waals surface area contributed by atoms with Crippen LogP contribution in [0.1, 0.15) is 38.3 Å². The molecule has 0 fully saturated rings. The van der Waals surface area contributed by atoms with E-state index in [-0.39, 0.29) is 11.6 Å². The van der Waals surface area contributed by atoms with E-state index in [1.54, 1.807) is 7.11 Å². The molecule has 108 valence electrons. The zero-order valence-corrected chi connectivity index (χ0v) is 12.4. The van der Waals surface area contributed by atoms with E-state index in [9.17, 15) is 0 Å². The molecule has 3 N–H and O–H groups in total. The van der Waals surface area contributed by atoms with Gasteiger partial charge in [-0.15, -0.1) is 0 Å². The molecule has 4 heteroatoms. The summed E-state index contributed by atoms with van der Waals surface area (Å²) < 4.78 is 5.47. The van der Waals surface area contributed by atoms with Gasteiger partial charge in [-0.05, 0) is 44.4 Å². The first-order valence-corrected chi connectivity index (χ1v) is 6.92. The lowest BCUT2D eigenvalue weighted by molar-refractivity contribution is 0.0117. The summed E-state index contributed by atoms with van der Waals surface area (Å²) >= 11 is 0. The fourth-order valence-corrected chi connectivity index (χ4v) is 2.34. The third kappa shape index (κ3) is 3.33. The van der Waals surface area contributed by atoms with Crippen LogP contribution in [0.4, 0.5) is 0 Å². The Labute approximate surface area is 120 Å². The van der Waals surface area contributed by atoms with Crippen LogP contribution in [-0.4, -0.2) is 17.7 Å². The van der Waals surface area contributed by atoms with Crippen LogP contribution in [-0.2, 0) is 4.74 Å². The van der Waals surface area contributed by atoms with E-state index in [0.29, 0.717) is 0 Å². The van der Waals surface area contributed by atoms with Crippen molar-refractivity contribution in [2.75, 3.05) is 7.11 Å². The van der Waals surface area contributed by atoms with Crippen molar-refractivity contribution < 1.29 is 4.74 Å². The normalized spacial score (nSPS) is 13.6. The second-order valence-electron chi connectivity index (χ2n) is 5.64. The number of nitrogens with zero attached hydrogens (tertiary/aromatic N) is 1. The maximum Gasteiger partial charge on any atom is 0.0705 e. The number of hydrazine groups is 1. The number of nitrogens with two attached hydrogens (primary N) is 1. The molecule has 1 aromatic heterocycles. The number of benzene rings is 1. The number of aromatic nitrogens is 1. The van der Waals surface area contributed by atoms with Gasteiger partial charge < -0.3 is 4.74 Å². The topological polar surface area (TPSA) is 60.2 Å². The summed E-state index contributed by atoms with van der Waals surface area (Å²) in [5.41, 5.74) is 4.96. The Morgan fingerprint density at radius 2 is 2.05 bits per heavy atom. The average Bonchev–Trinajstić information content (AvgIpc) is 2.48. The largest absolute Gasteiger partial charge is 0.379 e. The van der Waals surface area contributed by atoms with Gasteiger partial charge in [-0.2, -0.15) is 0 Å². The summed E-state index contributed by atoms with van der Waals surface area (Å²) in [5, 5.41) is 1.15. The van der Waals surface area contributed by atoms with Gasteiger partial charge in [0.05, 0.1) is 11.1 Å². The van der Waals surface area contributed by atoms with E-state index < -0.39 is 0 Å². The van der Waals surface area contributed by atoms with Crippen molar-refractivity contribution in [1.82, 2.24) is 10.4 Å². The number of rotatable bonds is 6. The zero-order chi connectivity index (χ0) is 14.6. The summed E-state index contributed by atoms with van der Waals surface area (Å²) in [5.74, 6) is 5.76. The summed E-state index contributed by atoms with van der Waals surface area (Å²) in [6, 6.07) is 10.3. The number of para-hydroxylation sites is 1. The second-order valence-corrected chi connectivity index (χ2v) is 5.64. The first-order chi connectivity index (χ1) is 9.57. The predicted molar refractivity (Wildman–Crippen MR) is 82.1 cm³/mol. The van der Waals surface area contributed by atoms with Crippen molar-refractivity contribution in [3.8, 4) is 0 Å². The lowest BCUT2D eigenvalue weighted by Gasteiger charge is -2.26. The fourth-order valence-electron chi connectivity index (χ4n) is 2.34. The SMILES string of the molecule is COC(C)(C)CCC(NN)c1ccnc2ccccc12. The molecule has 0 saturated carbocycles. The van der Waals surface area contributed by atoms with Crippen LogP contribution < -0.4 is 11.3 Å². The van der Waals surface area contributed by atoms with Gasteiger partial charge in [0.25, 0.3) is 0 Å². The molecule has 0 spiro atoms. The second kappa shape index (κ2) is 6.31. The molecule has 1 unspecified atom stereocenters. The van der Waals surface area contributed by atoms with Crippen molar-refractivity contribution in [3.63, 3.8) is 0 Å². The molecule has 2 rings (SSSR count). The summed E-state index contributed by atoms with van der Waals surface area (Å²) in [6.07, 6.45) is 3.67. The lowest BCUT2D eigenvalue weighted by atomic mass is 9.93. The van der Waals surface area contributed by atoms with Crippen LogP contribution >= 0.6 is 0 Å². The van der Waals surface area contributed by atoms with Gasteiger partial charge >= 0.3 is 0 Å². The minimum absolute atomic E-state index is 0.0947. The smallest absolute Gasteiger partial charge is 0.0705 e. The highest BCUT2D eigenvalue weighted by atomic mass is 16.5. The summed E-state index contributed by atoms with van der Waals surface area (Å²) in [7, 11) is 1.74. The molecule has 2 aromatic rings. The summed E-state index contributed by atoms with van der Waals surface area (Å²) in [6.45, 7) is 4.18. The van der Waals surface area contributed by atoms with Gasteiger partial charge in [0.2, 0.25) is 0 Å². The fraction of sp³-hybridized carbons (Fsp3) is 0.438. The highest BCUT2D eigenvalue weighted by Crippen LogP contribution is 2.28. The highest BCUT2D eigenvalue weighted by molar-refractivity contribution is 5.82. The van der Waals surface area contributed by atoms with E-state index in [4.69, 9.17) is 10.6 Å². The molecule has 0 bridgehead atoms. The number of methoxy groups -OCH3 is 1. The maximum atomic E-state index is 5.76. The van der Waals surface area contributed by atoms with Crippen LogP contribution in [0.2, 0.25) is 0 Å². The molecule has 0 aliphatic carbocycles. The van der Waals surface area contributed by atoms with Crippen molar-refractivity contribution >= 4 is 10.9 Å². The van der Waals surface area contributed by atoms with Crippen LogP contribution in [0.25, 0.3) is 10.9 Å². The maximum absolute atomic E-state index is 5.76. The Morgan fingerprint density at radius 3 is 2.75 bits per heavy atom. The van der Waals surface area contributed by atoms with Gasteiger partial charge in [-0.25, -0.2) is 0 Å². The van der Waals surface area contributed by atoms with Gasteiger partial charge in [0.1, 0.15) is 0 Å². The molecule has 0 aliphatic heterocycles. The van der Waals surface area contributed by atoms with E-state index in [2.05, 4.69) is 30.3 Å². The molecule has 4 nitrogen and oxygen atoms in total. The average molecular weight is 273 g/mol. The zero-order valence-electron chi connectivity index (χ0n) is 12.4. The number of nitrogens with one attached hydrogen (secondary N) is 1. The third-order valence-corrected chi connectivity index (χ3v) is 3.85. The van der Waals surface area contributed by atoms with Crippen LogP contribution in [0.5, 0.6) is 0 Å². The Hall–Kier alpha value is -1.49. The number of hydrogen-bond donors (Lipinski definition) is 2. The Balaban J connectivity index is 2.26. The van der Waals surface area contributed by atoms with E-state index in [1.807, 2.05) is 30.5 Å². The monoisotopic (exact) mass is 273 g/mol. The van der Waals surface area contributed by atoms with E-state index in [0.717, 1.165) is 23.7 Å². The Kier molecular flexibility index (Phi) is 4.70. The van der Waals surface area contributed by atoms with Gasteiger partial charge in [-0.1, -0.05) is 18.2 Å². The molecule has 20 heavy (non-hydrogen) atoms. The number of pyridine rings is 1. The predicted octanol–water partition coefficient (Wildman–Crippen LogP) is 2.94. The van der Waals surface area contributed by atoms with Crippen molar-refractivity contribution in [2.24, 2.45) is 5.84 Å². The number of fused-ring (bicyclic) bond motifs is 1. The van der Waals surface area contributed by atoms with Crippen molar-refractivity contribution in [3.05, 3.63) is 42.1 Å². The number of hydrogen-bond acceptors (Lipinski definition) is 4. The molecular formula is C16H23N3O. The van der Waals surface area contributed by atoms with E-state index in [1.165, 1.54) is 5.56 Å². The molecule has 1 aromatic carbocycles. The molecule has 0 amide bonds. The molecular weight excluding hydrogens is 250 g/mol. The molecule has 0 aliphatic rings. The molecule has 0 radical (unpaired) electrons. The molecule has 1 heterocycles. The minimum atomic E-state index is -0.141. The highest BCUT2D eigenvalue weighted by Gasteiger charge is 2.20. The van der Waals surface area contributed by atoms with Gasteiger partial charge in [0.15, 0.2) is 0 Å². The number of ether oxygens (including phenoxy) is 1. The van der Waals surface area contributed by atoms with E-state index >= 15 is 0 Å². The quantitative estimate of drug-likeness (QED) is 0.627. The Morgan fingerprint density at radius 1 is 1.30 bits per heavy atom. The lowest BCUT2D eigenvalue weighted by Crippen LogP contribution is -2.31. The van der Waals surface area contributed by atoms with Gasteiger partial charge in [-0.3, -0.25) is 16.3 Å². The van der Waals surface area contributed by atoms with Gasteiger partial charge in [0, 0.05) is 24.7 Å². The van der Waals surface area contributed by atoms with Crippen LogP contribution in [0.15, 0.2) is 36.5 Å². The summed E-state index contributed by atoms with van der Waals surface area (Å²) in [4.78, 5) is 4.39. The standard InChI is InChI=1S/C16H23N3O/c1-16(2,20-3)10-8-15(19-17)13-9-11-18-14-7-5-4-6-12(13)14/h4-7,9,11,15,19H,8,10,17H2,1-3H3.